The van der Waals surface area contributed by atoms with Crippen molar-refractivity contribution in [2.75, 3.05) is 7.11 Å². The zero-order valence-corrected chi connectivity index (χ0v) is 13.0. The van der Waals surface area contributed by atoms with Crippen molar-refractivity contribution in [3.63, 3.8) is 0 Å². The number of benzene rings is 1. The van der Waals surface area contributed by atoms with Crippen LogP contribution in [0.2, 0.25) is 0 Å². The average molecular weight is 276 g/mol. The number of ether oxygens (including phenoxy) is 2. The highest BCUT2D eigenvalue weighted by atomic mass is 16.5. The van der Waals surface area contributed by atoms with Crippen molar-refractivity contribution in [2.45, 2.75) is 52.3 Å². The van der Waals surface area contributed by atoms with Crippen LogP contribution in [0.15, 0.2) is 18.2 Å². The van der Waals surface area contributed by atoms with Gasteiger partial charge in [0.1, 0.15) is 17.6 Å². The van der Waals surface area contributed by atoms with Crippen molar-refractivity contribution in [2.24, 2.45) is 0 Å². The molecule has 0 radical (unpaired) electrons. The lowest BCUT2D eigenvalue weighted by atomic mass is 10.1. The predicted molar refractivity (Wildman–Crippen MR) is 79.9 cm³/mol. The molecule has 4 heteroatoms. The van der Waals surface area contributed by atoms with E-state index in [4.69, 9.17) is 14.7 Å². The van der Waals surface area contributed by atoms with Gasteiger partial charge in [-0.3, -0.25) is 0 Å². The molecular formula is C16H24N2O2. The van der Waals surface area contributed by atoms with Gasteiger partial charge < -0.3 is 14.8 Å². The van der Waals surface area contributed by atoms with Crippen LogP contribution in [0.1, 0.15) is 39.7 Å². The molecule has 1 rings (SSSR count). The third-order valence-electron chi connectivity index (χ3n) is 2.86. The first-order chi connectivity index (χ1) is 9.39. The van der Waals surface area contributed by atoms with E-state index in [1.54, 1.807) is 7.11 Å². The maximum Gasteiger partial charge on any atom is 0.184 e. The minimum Gasteiger partial charge on any atom is -0.497 e. The number of hydrogen-bond donors (Lipinski definition) is 1. The summed E-state index contributed by atoms with van der Waals surface area (Å²) in [6, 6.07) is 7.80. The van der Waals surface area contributed by atoms with Gasteiger partial charge in [-0.1, -0.05) is 6.92 Å². The van der Waals surface area contributed by atoms with Gasteiger partial charge >= 0.3 is 0 Å². The summed E-state index contributed by atoms with van der Waals surface area (Å²) >= 11 is 0. The summed E-state index contributed by atoms with van der Waals surface area (Å²) < 4.78 is 11.0. The molecule has 0 saturated heterocycles. The van der Waals surface area contributed by atoms with Crippen LogP contribution in [0.5, 0.6) is 11.5 Å². The molecule has 1 aromatic carbocycles. The summed E-state index contributed by atoms with van der Waals surface area (Å²) in [6.07, 6.45) is 0.242. The molecule has 0 amide bonds. The molecule has 0 bridgehead atoms. The van der Waals surface area contributed by atoms with E-state index in [0.29, 0.717) is 13.0 Å². The minimum atomic E-state index is -0.420. The molecule has 20 heavy (non-hydrogen) atoms. The van der Waals surface area contributed by atoms with Gasteiger partial charge in [0.05, 0.1) is 7.11 Å². The lowest BCUT2D eigenvalue weighted by Gasteiger charge is -2.22. The summed E-state index contributed by atoms with van der Waals surface area (Å²) in [7, 11) is 1.64. The van der Waals surface area contributed by atoms with Crippen LogP contribution in [-0.4, -0.2) is 18.8 Å². The molecule has 4 nitrogen and oxygen atoms in total. The summed E-state index contributed by atoms with van der Waals surface area (Å²) in [5.74, 6) is 1.52. The molecule has 1 aromatic rings. The second-order valence-corrected chi connectivity index (χ2v) is 5.72. The Morgan fingerprint density at radius 1 is 1.35 bits per heavy atom. The molecule has 0 spiro atoms. The lowest BCUT2D eigenvalue weighted by molar-refractivity contribution is 0.247. The molecule has 1 N–H and O–H groups in total. The highest BCUT2D eigenvalue weighted by Gasteiger charge is 2.14. The standard InChI is InChI=1S/C16H24N2O2/c1-6-13(10-17)20-15-8-7-14(19-5)9-12(15)11-18-16(2,3)4/h7-9,13,18H,6,11H2,1-5H3. The van der Waals surface area contributed by atoms with Gasteiger partial charge in [0.15, 0.2) is 6.10 Å². The van der Waals surface area contributed by atoms with Gasteiger partial charge in [0.25, 0.3) is 0 Å². The Labute approximate surface area is 121 Å². The fraction of sp³-hybridized carbons (Fsp3) is 0.562. The zero-order valence-electron chi connectivity index (χ0n) is 13.0. The molecule has 0 aromatic heterocycles. The van der Waals surface area contributed by atoms with Crippen molar-refractivity contribution in [1.29, 1.82) is 5.26 Å². The maximum absolute atomic E-state index is 9.02. The molecular weight excluding hydrogens is 252 g/mol. The number of hydrogen-bond acceptors (Lipinski definition) is 4. The number of nitrogens with one attached hydrogen (secondary N) is 1. The van der Waals surface area contributed by atoms with Gasteiger partial charge in [-0.05, 0) is 45.4 Å². The smallest absolute Gasteiger partial charge is 0.184 e. The molecule has 0 saturated carbocycles. The van der Waals surface area contributed by atoms with Gasteiger partial charge in [-0.15, -0.1) is 0 Å². The van der Waals surface area contributed by atoms with E-state index in [2.05, 4.69) is 32.2 Å². The Bertz CT molecular complexity index is 472. The van der Waals surface area contributed by atoms with E-state index < -0.39 is 6.10 Å². The Morgan fingerprint density at radius 2 is 2.05 bits per heavy atom. The number of nitriles is 1. The molecule has 1 atom stereocenters. The Hall–Kier alpha value is -1.73. The molecule has 0 aliphatic heterocycles. The number of nitrogens with zero attached hydrogens (tertiary/aromatic N) is 1. The first-order valence-corrected chi connectivity index (χ1v) is 6.87. The summed E-state index contributed by atoms with van der Waals surface area (Å²) in [5.41, 5.74) is 1.01. The van der Waals surface area contributed by atoms with Crippen molar-refractivity contribution >= 4 is 0 Å². The summed E-state index contributed by atoms with van der Waals surface area (Å²) in [4.78, 5) is 0. The monoisotopic (exact) mass is 276 g/mol. The topological polar surface area (TPSA) is 54.3 Å². The largest absolute Gasteiger partial charge is 0.497 e. The molecule has 0 fully saturated rings. The van der Waals surface area contributed by atoms with Crippen LogP contribution >= 0.6 is 0 Å². The van der Waals surface area contributed by atoms with E-state index in [9.17, 15) is 0 Å². The van der Waals surface area contributed by atoms with Gasteiger partial charge in [0, 0.05) is 17.6 Å². The third-order valence-corrected chi connectivity index (χ3v) is 2.86. The van der Waals surface area contributed by atoms with Crippen molar-refractivity contribution in [1.82, 2.24) is 5.32 Å². The van der Waals surface area contributed by atoms with Gasteiger partial charge in [-0.2, -0.15) is 5.26 Å². The van der Waals surface area contributed by atoms with Gasteiger partial charge in [-0.25, -0.2) is 0 Å². The molecule has 0 aliphatic rings. The maximum atomic E-state index is 9.02. The Kier molecular flexibility index (Phi) is 5.84. The van der Waals surface area contributed by atoms with Crippen molar-refractivity contribution in [3.8, 4) is 17.6 Å². The SMILES string of the molecule is CCC(C#N)Oc1ccc(OC)cc1CNC(C)(C)C. The van der Waals surface area contributed by atoms with Gasteiger partial charge in [0.2, 0.25) is 0 Å². The quantitative estimate of drug-likeness (QED) is 0.866. The zero-order chi connectivity index (χ0) is 15.2. The van der Waals surface area contributed by atoms with E-state index in [1.807, 2.05) is 25.1 Å². The van der Waals surface area contributed by atoms with E-state index >= 15 is 0 Å². The highest BCUT2D eigenvalue weighted by molar-refractivity contribution is 5.40. The van der Waals surface area contributed by atoms with Crippen LogP contribution < -0.4 is 14.8 Å². The van der Waals surface area contributed by atoms with Crippen LogP contribution in [0, 0.1) is 11.3 Å². The summed E-state index contributed by atoms with van der Waals surface area (Å²) in [6.45, 7) is 8.93. The second-order valence-electron chi connectivity index (χ2n) is 5.72. The Morgan fingerprint density at radius 3 is 2.55 bits per heavy atom. The van der Waals surface area contributed by atoms with Crippen LogP contribution in [-0.2, 0) is 6.54 Å². The third kappa shape index (κ3) is 5.10. The second kappa shape index (κ2) is 7.16. The number of methoxy groups -OCH3 is 1. The Balaban J connectivity index is 2.95. The minimum absolute atomic E-state index is 0.0136. The number of rotatable bonds is 6. The van der Waals surface area contributed by atoms with Crippen LogP contribution in [0.4, 0.5) is 0 Å². The molecule has 110 valence electrons. The van der Waals surface area contributed by atoms with Crippen molar-refractivity contribution in [3.05, 3.63) is 23.8 Å². The molecule has 1 unspecified atom stereocenters. The van der Waals surface area contributed by atoms with Crippen LogP contribution in [0.25, 0.3) is 0 Å². The van der Waals surface area contributed by atoms with Crippen LogP contribution in [0.3, 0.4) is 0 Å². The first-order valence-electron chi connectivity index (χ1n) is 6.87. The molecule has 0 heterocycles. The normalized spacial score (nSPS) is 12.6. The summed E-state index contributed by atoms with van der Waals surface area (Å²) in [5, 5.41) is 12.4. The average Bonchev–Trinajstić information content (AvgIpc) is 2.42. The fourth-order valence-electron chi connectivity index (χ4n) is 1.65. The lowest BCUT2D eigenvalue weighted by Crippen LogP contribution is -2.35. The fourth-order valence-corrected chi connectivity index (χ4v) is 1.65. The molecule has 0 aliphatic carbocycles. The van der Waals surface area contributed by atoms with E-state index in [1.165, 1.54) is 0 Å². The first kappa shape index (κ1) is 16.3. The van der Waals surface area contributed by atoms with Crippen molar-refractivity contribution < 1.29 is 9.47 Å². The predicted octanol–water partition coefficient (Wildman–Crippen LogP) is 3.26. The van der Waals surface area contributed by atoms with E-state index in [-0.39, 0.29) is 5.54 Å². The highest BCUT2D eigenvalue weighted by Crippen LogP contribution is 2.26. The van der Waals surface area contributed by atoms with E-state index in [0.717, 1.165) is 17.1 Å².